The third-order valence-electron chi connectivity index (χ3n) is 2.81. The molecular weight excluding hydrogens is 138 g/mol. The average Bonchev–Trinajstić information content (AvgIpc) is 2.87. The summed E-state index contributed by atoms with van der Waals surface area (Å²) in [5.74, 6) is 0.790. The maximum absolute atomic E-state index is 6.03. The van der Waals surface area contributed by atoms with Crippen LogP contribution in [0.25, 0.3) is 0 Å². The van der Waals surface area contributed by atoms with Crippen LogP contribution in [0.4, 0.5) is 0 Å². The average molecular weight is 155 g/mol. The lowest BCUT2D eigenvalue weighted by Gasteiger charge is -2.27. The minimum atomic E-state index is 0.343. The Labute approximate surface area is 68.1 Å². The van der Waals surface area contributed by atoms with Crippen molar-refractivity contribution in [2.45, 2.75) is 44.2 Å². The van der Waals surface area contributed by atoms with E-state index in [0.29, 0.717) is 12.1 Å². The standard InChI is InChI=1S/C9H17NO/c10-9(7-4-5-7)8-3-1-2-6-11-8/h7-9H,1-6,10H2/t8-,9-/m0/s1. The molecule has 2 rings (SSSR count). The summed E-state index contributed by atoms with van der Waals surface area (Å²) in [5, 5.41) is 0. The molecule has 1 aliphatic carbocycles. The Morgan fingerprint density at radius 2 is 2.00 bits per heavy atom. The minimum Gasteiger partial charge on any atom is -0.377 e. The van der Waals surface area contributed by atoms with E-state index in [1.807, 2.05) is 0 Å². The molecule has 0 bridgehead atoms. The molecular formula is C9H17NO. The fourth-order valence-corrected chi connectivity index (χ4v) is 1.85. The van der Waals surface area contributed by atoms with Crippen molar-refractivity contribution in [3.05, 3.63) is 0 Å². The first-order valence-corrected chi connectivity index (χ1v) is 4.75. The molecule has 1 aliphatic heterocycles. The van der Waals surface area contributed by atoms with Gasteiger partial charge in [0.1, 0.15) is 0 Å². The molecule has 64 valence electrons. The second-order valence-electron chi connectivity index (χ2n) is 3.82. The molecule has 0 aromatic rings. The number of ether oxygens (including phenoxy) is 1. The Morgan fingerprint density at radius 3 is 2.55 bits per heavy atom. The predicted octanol–water partition coefficient (Wildman–Crippen LogP) is 1.29. The molecule has 0 amide bonds. The van der Waals surface area contributed by atoms with Crippen LogP contribution in [0.2, 0.25) is 0 Å². The first-order valence-electron chi connectivity index (χ1n) is 4.75. The lowest BCUT2D eigenvalue weighted by molar-refractivity contribution is -0.00369. The highest BCUT2D eigenvalue weighted by atomic mass is 16.5. The van der Waals surface area contributed by atoms with E-state index < -0.39 is 0 Å². The van der Waals surface area contributed by atoms with Gasteiger partial charge in [-0.1, -0.05) is 0 Å². The first-order chi connectivity index (χ1) is 5.38. The van der Waals surface area contributed by atoms with Gasteiger partial charge in [-0.05, 0) is 38.0 Å². The van der Waals surface area contributed by atoms with Crippen molar-refractivity contribution in [2.75, 3.05) is 6.61 Å². The molecule has 0 aromatic carbocycles. The maximum Gasteiger partial charge on any atom is 0.0728 e. The zero-order valence-corrected chi connectivity index (χ0v) is 6.96. The van der Waals surface area contributed by atoms with E-state index in [2.05, 4.69) is 0 Å². The van der Waals surface area contributed by atoms with E-state index in [4.69, 9.17) is 10.5 Å². The van der Waals surface area contributed by atoms with Gasteiger partial charge in [0.2, 0.25) is 0 Å². The van der Waals surface area contributed by atoms with Crippen molar-refractivity contribution in [2.24, 2.45) is 11.7 Å². The van der Waals surface area contributed by atoms with Crippen molar-refractivity contribution in [1.29, 1.82) is 0 Å². The maximum atomic E-state index is 6.03. The van der Waals surface area contributed by atoms with Crippen LogP contribution in [0.1, 0.15) is 32.1 Å². The number of hydrogen-bond acceptors (Lipinski definition) is 2. The molecule has 1 saturated heterocycles. The number of nitrogens with two attached hydrogens (primary N) is 1. The van der Waals surface area contributed by atoms with E-state index in [1.54, 1.807) is 0 Å². The Morgan fingerprint density at radius 1 is 1.18 bits per heavy atom. The summed E-state index contributed by atoms with van der Waals surface area (Å²) in [6.07, 6.45) is 6.79. The molecule has 2 aliphatic rings. The van der Waals surface area contributed by atoms with Crippen molar-refractivity contribution >= 4 is 0 Å². The Hall–Kier alpha value is -0.0800. The Kier molecular flexibility index (Phi) is 2.14. The summed E-state index contributed by atoms with van der Waals surface area (Å²) >= 11 is 0. The fourth-order valence-electron chi connectivity index (χ4n) is 1.85. The molecule has 0 radical (unpaired) electrons. The molecule has 2 heteroatoms. The summed E-state index contributed by atoms with van der Waals surface area (Å²) in [6, 6.07) is 0.343. The molecule has 2 atom stereocenters. The van der Waals surface area contributed by atoms with Gasteiger partial charge in [-0.3, -0.25) is 0 Å². The van der Waals surface area contributed by atoms with Gasteiger partial charge in [-0.15, -0.1) is 0 Å². The largest absolute Gasteiger partial charge is 0.377 e. The lowest BCUT2D eigenvalue weighted by atomic mass is 9.99. The van der Waals surface area contributed by atoms with E-state index in [1.165, 1.54) is 32.1 Å². The van der Waals surface area contributed by atoms with Crippen LogP contribution < -0.4 is 5.73 Å². The molecule has 2 fully saturated rings. The van der Waals surface area contributed by atoms with Crippen molar-refractivity contribution in [3.63, 3.8) is 0 Å². The number of hydrogen-bond donors (Lipinski definition) is 1. The molecule has 0 aromatic heterocycles. The second-order valence-corrected chi connectivity index (χ2v) is 3.82. The summed E-state index contributed by atoms with van der Waals surface area (Å²) in [6.45, 7) is 0.936. The van der Waals surface area contributed by atoms with Crippen LogP contribution in [-0.2, 0) is 4.74 Å². The Balaban J connectivity index is 1.81. The van der Waals surface area contributed by atoms with Gasteiger partial charge < -0.3 is 10.5 Å². The first kappa shape index (κ1) is 7.56. The van der Waals surface area contributed by atoms with Gasteiger partial charge in [0.05, 0.1) is 6.10 Å². The quantitative estimate of drug-likeness (QED) is 0.652. The molecule has 2 N–H and O–H groups in total. The highest BCUT2D eigenvalue weighted by Gasteiger charge is 2.34. The van der Waals surface area contributed by atoms with Crippen LogP contribution in [0.15, 0.2) is 0 Å². The molecule has 0 unspecified atom stereocenters. The van der Waals surface area contributed by atoms with Crippen LogP contribution in [0, 0.1) is 5.92 Å². The van der Waals surface area contributed by atoms with Crippen LogP contribution in [-0.4, -0.2) is 18.8 Å². The summed E-state index contributed by atoms with van der Waals surface area (Å²) in [5.41, 5.74) is 6.03. The SMILES string of the molecule is N[C@@H](C1CC1)[C@@H]1CCCCO1. The third-order valence-corrected chi connectivity index (χ3v) is 2.81. The zero-order valence-electron chi connectivity index (χ0n) is 6.96. The van der Waals surface area contributed by atoms with E-state index >= 15 is 0 Å². The third kappa shape index (κ3) is 1.74. The monoisotopic (exact) mass is 155 g/mol. The van der Waals surface area contributed by atoms with E-state index in [-0.39, 0.29) is 0 Å². The van der Waals surface area contributed by atoms with Crippen LogP contribution in [0.3, 0.4) is 0 Å². The molecule has 0 spiro atoms. The summed E-state index contributed by atoms with van der Waals surface area (Å²) < 4.78 is 5.62. The molecule has 1 saturated carbocycles. The van der Waals surface area contributed by atoms with Gasteiger partial charge in [-0.25, -0.2) is 0 Å². The summed E-state index contributed by atoms with van der Waals surface area (Å²) in [4.78, 5) is 0. The highest BCUT2D eigenvalue weighted by Crippen LogP contribution is 2.35. The summed E-state index contributed by atoms with van der Waals surface area (Å²) in [7, 11) is 0. The van der Waals surface area contributed by atoms with Gasteiger partial charge in [0, 0.05) is 12.6 Å². The highest BCUT2D eigenvalue weighted by molar-refractivity contribution is 4.90. The van der Waals surface area contributed by atoms with Crippen molar-refractivity contribution in [3.8, 4) is 0 Å². The predicted molar refractivity (Wildman–Crippen MR) is 44.3 cm³/mol. The topological polar surface area (TPSA) is 35.2 Å². The lowest BCUT2D eigenvalue weighted by Crippen LogP contribution is -2.40. The molecule has 2 nitrogen and oxygen atoms in total. The van der Waals surface area contributed by atoms with Crippen LogP contribution >= 0.6 is 0 Å². The fraction of sp³-hybridized carbons (Fsp3) is 1.00. The number of rotatable bonds is 2. The molecule has 1 heterocycles. The van der Waals surface area contributed by atoms with Gasteiger partial charge in [-0.2, -0.15) is 0 Å². The normalized spacial score (nSPS) is 35.2. The minimum absolute atomic E-state index is 0.343. The van der Waals surface area contributed by atoms with Crippen LogP contribution in [0.5, 0.6) is 0 Å². The van der Waals surface area contributed by atoms with Gasteiger partial charge >= 0.3 is 0 Å². The Bertz CT molecular complexity index is 128. The van der Waals surface area contributed by atoms with Gasteiger partial charge in [0.15, 0.2) is 0 Å². The van der Waals surface area contributed by atoms with Crippen molar-refractivity contribution < 1.29 is 4.74 Å². The smallest absolute Gasteiger partial charge is 0.0728 e. The van der Waals surface area contributed by atoms with Gasteiger partial charge in [0.25, 0.3) is 0 Å². The van der Waals surface area contributed by atoms with E-state index in [0.717, 1.165) is 12.5 Å². The zero-order chi connectivity index (χ0) is 7.68. The second kappa shape index (κ2) is 3.11. The van der Waals surface area contributed by atoms with Crippen molar-refractivity contribution in [1.82, 2.24) is 0 Å². The van der Waals surface area contributed by atoms with E-state index in [9.17, 15) is 0 Å². The molecule has 11 heavy (non-hydrogen) atoms.